The van der Waals surface area contributed by atoms with Crippen LogP contribution in [0.25, 0.3) is 0 Å². The number of carboxylic acid groups (broad SMARTS) is 1. The molecule has 3 rings (SSSR count). The topological polar surface area (TPSA) is 90.7 Å². The van der Waals surface area contributed by atoms with Gasteiger partial charge in [0.1, 0.15) is 0 Å². The Kier molecular flexibility index (Phi) is 3.09. The third-order valence-electron chi connectivity index (χ3n) is 3.15. The monoisotopic (exact) mass is 288 g/mol. The molecule has 0 spiro atoms. The third kappa shape index (κ3) is 2.33. The maximum atomic E-state index is 11.9. The Hall–Kier alpha value is -2.83. The van der Waals surface area contributed by atoms with Crippen LogP contribution in [-0.2, 0) is 4.79 Å². The van der Waals surface area contributed by atoms with Gasteiger partial charge in [-0.25, -0.2) is 9.48 Å². The molecule has 0 amide bonds. The molecule has 7 heteroatoms. The van der Waals surface area contributed by atoms with Gasteiger partial charge in [0, 0.05) is 6.07 Å². The SMILES string of the molecule is Cc1ccc(=O)n(C(C(=O)O)c2ccc3c(c2)OCO3)n1. The molecule has 1 N–H and O–H groups in total. The quantitative estimate of drug-likeness (QED) is 0.904. The van der Waals surface area contributed by atoms with E-state index in [1.807, 2.05) is 0 Å². The fourth-order valence-electron chi connectivity index (χ4n) is 2.18. The van der Waals surface area contributed by atoms with Crippen molar-refractivity contribution in [3.63, 3.8) is 0 Å². The number of carbonyl (C=O) groups is 1. The Bertz CT molecular complexity index is 768. The van der Waals surface area contributed by atoms with Crippen LogP contribution in [0, 0.1) is 6.92 Å². The summed E-state index contributed by atoms with van der Waals surface area (Å²) in [6.45, 7) is 1.79. The lowest BCUT2D eigenvalue weighted by Gasteiger charge is -2.15. The molecular weight excluding hydrogens is 276 g/mol. The molecule has 0 radical (unpaired) electrons. The first-order chi connectivity index (χ1) is 10.1. The maximum Gasteiger partial charge on any atom is 0.333 e. The van der Waals surface area contributed by atoms with Gasteiger partial charge >= 0.3 is 5.97 Å². The van der Waals surface area contributed by atoms with Gasteiger partial charge < -0.3 is 14.6 Å². The maximum absolute atomic E-state index is 11.9. The Balaban J connectivity index is 2.12. The van der Waals surface area contributed by atoms with E-state index in [-0.39, 0.29) is 6.79 Å². The molecule has 1 aliphatic rings. The van der Waals surface area contributed by atoms with Gasteiger partial charge in [-0.1, -0.05) is 6.07 Å². The van der Waals surface area contributed by atoms with E-state index in [1.54, 1.807) is 25.1 Å². The molecule has 0 saturated heterocycles. The summed E-state index contributed by atoms with van der Waals surface area (Å²) in [6, 6.07) is 6.38. The van der Waals surface area contributed by atoms with Crippen molar-refractivity contribution in [1.82, 2.24) is 9.78 Å². The average molecular weight is 288 g/mol. The molecular formula is C14H12N2O5. The first-order valence-electron chi connectivity index (χ1n) is 6.25. The smallest absolute Gasteiger partial charge is 0.333 e. The number of aryl methyl sites for hydroxylation is 1. The van der Waals surface area contributed by atoms with Crippen LogP contribution >= 0.6 is 0 Å². The van der Waals surface area contributed by atoms with Crippen molar-refractivity contribution >= 4 is 5.97 Å². The molecule has 0 saturated carbocycles. The number of carboxylic acids is 1. The molecule has 0 fully saturated rings. The van der Waals surface area contributed by atoms with Crippen molar-refractivity contribution < 1.29 is 19.4 Å². The molecule has 7 nitrogen and oxygen atoms in total. The van der Waals surface area contributed by atoms with Crippen molar-refractivity contribution in [1.29, 1.82) is 0 Å². The summed E-state index contributed by atoms with van der Waals surface area (Å²) in [5.41, 5.74) is 0.471. The molecule has 21 heavy (non-hydrogen) atoms. The molecule has 1 aromatic carbocycles. The predicted molar refractivity (Wildman–Crippen MR) is 71.6 cm³/mol. The molecule has 1 unspecified atom stereocenters. The number of hydrogen-bond donors (Lipinski definition) is 1. The lowest BCUT2D eigenvalue weighted by molar-refractivity contribution is -0.139. The van der Waals surface area contributed by atoms with Crippen molar-refractivity contribution in [2.24, 2.45) is 0 Å². The average Bonchev–Trinajstić information content (AvgIpc) is 2.90. The van der Waals surface area contributed by atoms with Crippen LogP contribution in [0.1, 0.15) is 17.3 Å². The standard InChI is InChI=1S/C14H12N2O5/c1-8-2-5-12(17)16(15-8)13(14(18)19)9-3-4-10-11(6-9)21-7-20-10/h2-6,13H,7H2,1H3,(H,18,19). The molecule has 0 bridgehead atoms. The van der Waals surface area contributed by atoms with E-state index in [9.17, 15) is 14.7 Å². The van der Waals surface area contributed by atoms with E-state index in [0.29, 0.717) is 22.8 Å². The summed E-state index contributed by atoms with van der Waals surface area (Å²) in [5, 5.41) is 13.5. The minimum absolute atomic E-state index is 0.0964. The van der Waals surface area contributed by atoms with Crippen molar-refractivity contribution in [2.75, 3.05) is 6.79 Å². The van der Waals surface area contributed by atoms with Crippen LogP contribution in [0.15, 0.2) is 35.1 Å². The normalized spacial score (nSPS) is 14.0. The number of nitrogens with zero attached hydrogens (tertiary/aromatic N) is 2. The molecule has 1 aromatic heterocycles. The summed E-state index contributed by atoms with van der Waals surface area (Å²) in [4.78, 5) is 23.5. The molecule has 108 valence electrons. The second kappa shape index (κ2) is 4.93. The zero-order valence-corrected chi connectivity index (χ0v) is 11.1. The van der Waals surface area contributed by atoms with Crippen LogP contribution in [-0.4, -0.2) is 27.6 Å². The van der Waals surface area contributed by atoms with Gasteiger partial charge in [0.05, 0.1) is 5.69 Å². The van der Waals surface area contributed by atoms with E-state index in [0.717, 1.165) is 4.68 Å². The highest BCUT2D eigenvalue weighted by atomic mass is 16.7. The Labute approximate surface area is 119 Å². The van der Waals surface area contributed by atoms with Crippen molar-refractivity contribution in [3.05, 3.63) is 51.9 Å². The van der Waals surface area contributed by atoms with Gasteiger partial charge in [0.25, 0.3) is 5.56 Å². The Morgan fingerprint density at radius 1 is 1.29 bits per heavy atom. The largest absolute Gasteiger partial charge is 0.479 e. The Morgan fingerprint density at radius 3 is 2.81 bits per heavy atom. The lowest BCUT2D eigenvalue weighted by Crippen LogP contribution is -2.32. The van der Waals surface area contributed by atoms with Crippen LogP contribution < -0.4 is 15.0 Å². The summed E-state index contributed by atoms with van der Waals surface area (Å²) in [6.07, 6.45) is 0. The van der Waals surface area contributed by atoms with Crippen molar-refractivity contribution in [2.45, 2.75) is 13.0 Å². The summed E-state index contributed by atoms with van der Waals surface area (Å²) in [5.74, 6) is -0.166. The molecule has 1 atom stereocenters. The van der Waals surface area contributed by atoms with E-state index < -0.39 is 17.6 Å². The lowest BCUT2D eigenvalue weighted by atomic mass is 10.1. The Morgan fingerprint density at radius 2 is 2.05 bits per heavy atom. The number of rotatable bonds is 3. The van der Waals surface area contributed by atoms with Crippen LogP contribution in [0.4, 0.5) is 0 Å². The molecule has 2 aromatic rings. The zero-order chi connectivity index (χ0) is 15.0. The van der Waals surface area contributed by atoms with Crippen LogP contribution in [0.3, 0.4) is 0 Å². The van der Waals surface area contributed by atoms with Gasteiger partial charge in [-0.3, -0.25) is 4.79 Å². The first kappa shape index (κ1) is 13.2. The predicted octanol–water partition coefficient (Wildman–Crippen LogP) is 0.954. The highest BCUT2D eigenvalue weighted by molar-refractivity contribution is 5.76. The van der Waals surface area contributed by atoms with Crippen molar-refractivity contribution in [3.8, 4) is 11.5 Å². The summed E-state index contributed by atoms with van der Waals surface area (Å²) in [7, 11) is 0. The van der Waals surface area contributed by atoms with Gasteiger partial charge in [-0.05, 0) is 30.7 Å². The molecule has 2 heterocycles. The van der Waals surface area contributed by atoms with Gasteiger partial charge in [0.15, 0.2) is 17.5 Å². The van der Waals surface area contributed by atoms with E-state index in [2.05, 4.69) is 5.10 Å². The first-order valence-corrected chi connectivity index (χ1v) is 6.25. The van der Waals surface area contributed by atoms with Gasteiger partial charge in [0.2, 0.25) is 6.79 Å². The minimum atomic E-state index is -1.22. The second-order valence-corrected chi connectivity index (χ2v) is 4.61. The minimum Gasteiger partial charge on any atom is -0.479 e. The van der Waals surface area contributed by atoms with Crippen LogP contribution in [0.5, 0.6) is 11.5 Å². The second-order valence-electron chi connectivity index (χ2n) is 4.61. The van der Waals surface area contributed by atoms with Gasteiger partial charge in [-0.2, -0.15) is 5.10 Å². The van der Waals surface area contributed by atoms with E-state index in [4.69, 9.17) is 9.47 Å². The number of aromatic nitrogens is 2. The zero-order valence-electron chi connectivity index (χ0n) is 11.1. The molecule has 1 aliphatic heterocycles. The fraction of sp³-hybridized carbons (Fsp3) is 0.214. The highest BCUT2D eigenvalue weighted by Crippen LogP contribution is 2.34. The summed E-state index contributed by atoms with van der Waals surface area (Å²) >= 11 is 0. The molecule has 0 aliphatic carbocycles. The number of hydrogen-bond acceptors (Lipinski definition) is 5. The highest BCUT2D eigenvalue weighted by Gasteiger charge is 2.26. The van der Waals surface area contributed by atoms with Gasteiger partial charge in [-0.15, -0.1) is 0 Å². The van der Waals surface area contributed by atoms with Crippen LogP contribution in [0.2, 0.25) is 0 Å². The number of fused-ring (bicyclic) bond motifs is 1. The number of benzene rings is 1. The number of ether oxygens (including phenoxy) is 2. The van der Waals surface area contributed by atoms with E-state index in [1.165, 1.54) is 12.1 Å². The third-order valence-corrected chi connectivity index (χ3v) is 3.15. The number of aliphatic carboxylic acids is 1. The summed E-state index contributed by atoms with van der Waals surface area (Å²) < 4.78 is 11.4. The fourth-order valence-corrected chi connectivity index (χ4v) is 2.18. The van der Waals surface area contributed by atoms with E-state index >= 15 is 0 Å².